The van der Waals surface area contributed by atoms with Crippen LogP contribution in [0.2, 0.25) is 0 Å². The third kappa shape index (κ3) is 4.53. The molecule has 1 N–H and O–H groups in total. The maximum atomic E-state index is 12.8. The van der Waals surface area contributed by atoms with E-state index in [-0.39, 0.29) is 17.1 Å². The molecule has 0 bridgehead atoms. The Morgan fingerprint density at radius 3 is 2.38 bits per heavy atom. The normalized spacial score (nSPS) is 11.4. The second-order valence-corrected chi connectivity index (χ2v) is 9.09. The highest BCUT2D eigenvalue weighted by atomic mass is 32.2. The van der Waals surface area contributed by atoms with Crippen molar-refractivity contribution in [1.82, 2.24) is 0 Å². The highest BCUT2D eigenvalue weighted by molar-refractivity contribution is 7.92. The Kier molecular flexibility index (Phi) is 6.01. The lowest BCUT2D eigenvalue weighted by molar-refractivity contribution is 0.0473. The summed E-state index contributed by atoms with van der Waals surface area (Å²) in [5.41, 5.74) is 3.01. The van der Waals surface area contributed by atoms with Crippen LogP contribution in [0.1, 0.15) is 34.2 Å². The molecule has 0 saturated heterocycles. The lowest BCUT2D eigenvalue weighted by atomic mass is 10.1. The molecule has 0 aliphatic heterocycles. The molecule has 0 atom stereocenters. The van der Waals surface area contributed by atoms with E-state index in [4.69, 9.17) is 9.15 Å². The Morgan fingerprint density at radius 1 is 0.969 bits per heavy atom. The SMILES string of the molecule is CCc1ccc(S(=O)(=O)Nc2ccc3oc(C)c(C(=O)OCc4ccccc4)c3c2)cc1. The average Bonchev–Trinajstić information content (AvgIpc) is 3.13. The van der Waals surface area contributed by atoms with Crippen molar-refractivity contribution in [3.8, 4) is 0 Å². The van der Waals surface area contributed by atoms with Crippen LogP contribution in [0.25, 0.3) is 11.0 Å². The smallest absolute Gasteiger partial charge is 0.342 e. The minimum atomic E-state index is -3.78. The van der Waals surface area contributed by atoms with E-state index >= 15 is 0 Å². The quantitative estimate of drug-likeness (QED) is 0.379. The van der Waals surface area contributed by atoms with Crippen LogP contribution < -0.4 is 4.72 Å². The van der Waals surface area contributed by atoms with Crippen LogP contribution in [-0.2, 0) is 27.8 Å². The first-order chi connectivity index (χ1) is 15.4. The van der Waals surface area contributed by atoms with Crippen molar-refractivity contribution in [3.63, 3.8) is 0 Å². The van der Waals surface area contributed by atoms with Crippen LogP contribution in [0.4, 0.5) is 5.69 Å². The first-order valence-electron chi connectivity index (χ1n) is 10.2. The minimum absolute atomic E-state index is 0.131. The van der Waals surface area contributed by atoms with Gasteiger partial charge in [-0.3, -0.25) is 4.72 Å². The average molecular weight is 450 g/mol. The number of carbonyl (C=O) groups excluding carboxylic acids is 1. The lowest BCUT2D eigenvalue weighted by Gasteiger charge is -2.09. The third-order valence-corrected chi connectivity index (χ3v) is 6.57. The van der Waals surface area contributed by atoms with E-state index in [1.807, 2.05) is 37.3 Å². The van der Waals surface area contributed by atoms with Gasteiger partial charge in [-0.1, -0.05) is 49.4 Å². The zero-order valence-electron chi connectivity index (χ0n) is 17.8. The van der Waals surface area contributed by atoms with Crippen molar-refractivity contribution in [1.29, 1.82) is 0 Å². The van der Waals surface area contributed by atoms with Crippen LogP contribution in [0.5, 0.6) is 0 Å². The highest BCUT2D eigenvalue weighted by Crippen LogP contribution is 2.30. The van der Waals surface area contributed by atoms with Crippen LogP contribution in [0.15, 0.2) is 82.1 Å². The molecule has 0 spiro atoms. The number of rotatable bonds is 7. The van der Waals surface area contributed by atoms with Crippen LogP contribution >= 0.6 is 0 Å². The molecule has 6 nitrogen and oxygen atoms in total. The van der Waals surface area contributed by atoms with Gasteiger partial charge in [0.2, 0.25) is 0 Å². The fourth-order valence-corrected chi connectivity index (χ4v) is 4.50. The molecular formula is C25H23NO5S. The zero-order valence-corrected chi connectivity index (χ0v) is 18.6. The number of furan rings is 1. The van der Waals surface area contributed by atoms with Crippen molar-refractivity contribution in [2.75, 3.05) is 4.72 Å². The first kappa shape index (κ1) is 21.6. The Hall–Kier alpha value is -3.58. The van der Waals surface area contributed by atoms with Gasteiger partial charge in [0.25, 0.3) is 10.0 Å². The van der Waals surface area contributed by atoms with E-state index in [1.165, 1.54) is 0 Å². The number of esters is 1. The Morgan fingerprint density at radius 2 is 1.69 bits per heavy atom. The fraction of sp³-hybridized carbons (Fsp3) is 0.160. The predicted molar refractivity (Wildman–Crippen MR) is 123 cm³/mol. The van der Waals surface area contributed by atoms with Crippen LogP contribution in [0, 0.1) is 6.92 Å². The van der Waals surface area contributed by atoms with Gasteiger partial charge >= 0.3 is 5.97 Å². The zero-order chi connectivity index (χ0) is 22.7. The number of fused-ring (bicyclic) bond motifs is 1. The maximum absolute atomic E-state index is 12.8. The highest BCUT2D eigenvalue weighted by Gasteiger charge is 2.21. The van der Waals surface area contributed by atoms with E-state index in [0.29, 0.717) is 22.4 Å². The number of carbonyl (C=O) groups is 1. The summed E-state index contributed by atoms with van der Waals surface area (Å²) in [5.74, 6) is -0.117. The van der Waals surface area contributed by atoms with E-state index in [9.17, 15) is 13.2 Å². The Labute approximate surface area is 186 Å². The summed E-state index contributed by atoms with van der Waals surface area (Å²) in [4.78, 5) is 12.9. The molecule has 0 radical (unpaired) electrons. The summed E-state index contributed by atoms with van der Waals surface area (Å²) in [6, 6.07) is 20.9. The van der Waals surface area contributed by atoms with Crippen molar-refractivity contribution in [3.05, 3.63) is 95.2 Å². The first-order valence-corrected chi connectivity index (χ1v) is 11.7. The molecule has 0 saturated carbocycles. The number of benzene rings is 3. The van der Waals surface area contributed by atoms with Crippen molar-refractivity contribution >= 4 is 32.6 Å². The molecular weight excluding hydrogens is 426 g/mol. The summed E-state index contributed by atoms with van der Waals surface area (Å²) in [6.45, 7) is 3.82. The number of hydrogen-bond acceptors (Lipinski definition) is 5. The molecule has 3 aromatic carbocycles. The fourth-order valence-electron chi connectivity index (χ4n) is 3.45. The Bertz CT molecular complexity index is 1360. The molecule has 1 heterocycles. The number of anilines is 1. The molecule has 0 aliphatic carbocycles. The summed E-state index contributed by atoms with van der Waals surface area (Å²) in [7, 11) is -3.78. The van der Waals surface area contributed by atoms with Gasteiger partial charge in [0.15, 0.2) is 0 Å². The standard InChI is InChI=1S/C25H23NO5S/c1-3-18-9-12-21(13-10-18)32(28,29)26-20-11-14-23-22(15-20)24(17(2)31-23)25(27)30-16-19-7-5-4-6-8-19/h4-15,26H,3,16H2,1-2H3. The summed E-state index contributed by atoms with van der Waals surface area (Å²) in [5, 5.41) is 0.488. The van der Waals surface area contributed by atoms with Crippen LogP contribution in [0.3, 0.4) is 0 Å². The molecule has 164 valence electrons. The molecule has 4 aromatic rings. The molecule has 0 amide bonds. The summed E-state index contributed by atoms with van der Waals surface area (Å²) >= 11 is 0. The number of ether oxygens (including phenoxy) is 1. The molecule has 1 aromatic heterocycles. The molecule has 7 heteroatoms. The lowest BCUT2D eigenvalue weighted by Crippen LogP contribution is -2.13. The number of nitrogens with one attached hydrogen (secondary N) is 1. The minimum Gasteiger partial charge on any atom is -0.460 e. The van der Waals surface area contributed by atoms with E-state index < -0.39 is 16.0 Å². The van der Waals surface area contributed by atoms with E-state index in [1.54, 1.807) is 49.4 Å². The van der Waals surface area contributed by atoms with Gasteiger partial charge in [0.1, 0.15) is 23.5 Å². The monoisotopic (exact) mass is 449 g/mol. The second kappa shape index (κ2) is 8.88. The molecule has 4 rings (SSSR count). The van der Waals surface area contributed by atoms with Gasteiger partial charge < -0.3 is 9.15 Å². The maximum Gasteiger partial charge on any atom is 0.342 e. The van der Waals surface area contributed by atoms with Gasteiger partial charge in [0, 0.05) is 11.1 Å². The van der Waals surface area contributed by atoms with Crippen molar-refractivity contribution < 1.29 is 22.4 Å². The number of sulfonamides is 1. The third-order valence-electron chi connectivity index (χ3n) is 5.18. The Balaban J connectivity index is 1.59. The summed E-state index contributed by atoms with van der Waals surface area (Å²) < 4.78 is 39.3. The second-order valence-electron chi connectivity index (χ2n) is 7.41. The van der Waals surface area contributed by atoms with Gasteiger partial charge in [-0.05, 0) is 54.8 Å². The topological polar surface area (TPSA) is 85.6 Å². The van der Waals surface area contributed by atoms with Gasteiger partial charge in [-0.2, -0.15) is 0 Å². The predicted octanol–water partition coefficient (Wildman–Crippen LogP) is 5.46. The van der Waals surface area contributed by atoms with E-state index in [0.717, 1.165) is 17.5 Å². The van der Waals surface area contributed by atoms with Crippen molar-refractivity contribution in [2.24, 2.45) is 0 Å². The number of aryl methyl sites for hydroxylation is 2. The number of hydrogen-bond donors (Lipinski definition) is 1. The molecule has 0 fully saturated rings. The van der Waals surface area contributed by atoms with Crippen molar-refractivity contribution in [2.45, 2.75) is 31.8 Å². The molecule has 0 aliphatic rings. The van der Waals surface area contributed by atoms with Gasteiger partial charge in [-0.15, -0.1) is 0 Å². The molecule has 0 unspecified atom stereocenters. The van der Waals surface area contributed by atoms with Crippen LogP contribution in [-0.4, -0.2) is 14.4 Å². The van der Waals surface area contributed by atoms with E-state index in [2.05, 4.69) is 4.72 Å². The summed E-state index contributed by atoms with van der Waals surface area (Å²) in [6.07, 6.45) is 0.827. The van der Waals surface area contributed by atoms with Gasteiger partial charge in [0.05, 0.1) is 4.90 Å². The molecule has 32 heavy (non-hydrogen) atoms. The largest absolute Gasteiger partial charge is 0.460 e. The van der Waals surface area contributed by atoms with Gasteiger partial charge in [-0.25, -0.2) is 13.2 Å².